The summed E-state index contributed by atoms with van der Waals surface area (Å²) < 4.78 is 6.01. The maximum absolute atomic E-state index is 10.9. The van der Waals surface area contributed by atoms with Crippen LogP contribution in [0.1, 0.15) is 0 Å². The third-order valence-corrected chi connectivity index (χ3v) is 1.21. The number of carbonyl (C=O) groups excluding carboxylic acids is 1. The lowest BCUT2D eigenvalue weighted by Crippen LogP contribution is -2.12. The molecule has 0 atom stereocenters. The number of aromatic nitrogens is 2. The molecule has 0 bridgehead atoms. The number of hydrogen-bond acceptors (Lipinski definition) is 4. The number of ether oxygens (including phenoxy) is 1. The van der Waals surface area contributed by atoms with E-state index in [2.05, 4.69) is 17.6 Å². The average molecular weight is 172 g/mol. The quantitative estimate of drug-likeness (QED) is 0.671. The molecule has 0 aliphatic heterocycles. The second-order valence-electron chi connectivity index (χ2n) is 1.81. The molecule has 0 unspecified atom stereocenters. The lowest BCUT2D eigenvalue weighted by Gasteiger charge is -2.00. The van der Waals surface area contributed by atoms with E-state index in [1.807, 2.05) is 0 Å². The van der Waals surface area contributed by atoms with E-state index in [0.29, 0.717) is 12.4 Å². The molecule has 1 heterocycles. The summed E-state index contributed by atoms with van der Waals surface area (Å²) in [4.78, 5) is 14.6. The Balaban J connectivity index is 2.43. The number of carbonyl (C=O) groups is 1. The summed E-state index contributed by atoms with van der Waals surface area (Å²) in [6.07, 6.45) is 4.01. The van der Waals surface area contributed by atoms with Gasteiger partial charge in [-0.05, 0) is 0 Å². The minimum absolute atomic E-state index is 0.320. The highest BCUT2D eigenvalue weighted by molar-refractivity contribution is 7.80. The van der Waals surface area contributed by atoms with E-state index in [4.69, 9.17) is 4.74 Å². The largest absolute Gasteiger partial charge is 0.448 e. The van der Waals surface area contributed by atoms with Crippen molar-refractivity contribution in [2.24, 2.45) is 0 Å². The number of thiol groups is 1. The second-order valence-corrected chi connectivity index (χ2v) is 2.26. The van der Waals surface area contributed by atoms with E-state index >= 15 is 0 Å². The lowest BCUT2D eigenvalue weighted by atomic mass is 10.8. The highest BCUT2D eigenvalue weighted by Gasteiger charge is 2.01. The Morgan fingerprint density at radius 1 is 1.73 bits per heavy atom. The Labute approximate surface area is 69.6 Å². The zero-order valence-electron chi connectivity index (χ0n) is 5.80. The first-order valence-electron chi connectivity index (χ1n) is 3.10. The highest BCUT2D eigenvalue weighted by Crippen LogP contribution is 1.89. The van der Waals surface area contributed by atoms with Gasteiger partial charge in [-0.25, -0.2) is 14.3 Å². The predicted octanol–water partition coefficient (Wildman–Crippen LogP) is 0.798. The molecule has 1 rings (SSSR count). The fraction of sp³-hybridized carbons (Fsp3) is 0.333. The monoisotopic (exact) mass is 172 g/mol. The van der Waals surface area contributed by atoms with E-state index in [0.717, 1.165) is 0 Å². The van der Waals surface area contributed by atoms with Crippen molar-refractivity contribution in [2.45, 2.75) is 0 Å². The van der Waals surface area contributed by atoms with Crippen LogP contribution >= 0.6 is 12.6 Å². The topological polar surface area (TPSA) is 44.1 Å². The van der Waals surface area contributed by atoms with Gasteiger partial charge >= 0.3 is 6.09 Å². The summed E-state index contributed by atoms with van der Waals surface area (Å²) >= 11 is 3.89. The van der Waals surface area contributed by atoms with Gasteiger partial charge in [-0.3, -0.25) is 0 Å². The average Bonchev–Trinajstić information content (AvgIpc) is 2.52. The molecule has 1 aromatic rings. The Morgan fingerprint density at radius 3 is 3.09 bits per heavy atom. The molecule has 0 saturated carbocycles. The number of nitrogens with zero attached hydrogens (tertiary/aromatic N) is 2. The summed E-state index contributed by atoms with van der Waals surface area (Å²) in [5.74, 6) is 0.528. The summed E-state index contributed by atoms with van der Waals surface area (Å²) in [7, 11) is 0. The Kier molecular flexibility index (Phi) is 2.97. The second kappa shape index (κ2) is 4.02. The first-order chi connectivity index (χ1) is 5.34. The van der Waals surface area contributed by atoms with Gasteiger partial charge in [0, 0.05) is 18.1 Å². The van der Waals surface area contributed by atoms with Gasteiger partial charge in [-0.1, -0.05) is 0 Å². The van der Waals surface area contributed by atoms with E-state index in [-0.39, 0.29) is 0 Å². The van der Waals surface area contributed by atoms with Crippen LogP contribution < -0.4 is 0 Å². The van der Waals surface area contributed by atoms with Crippen molar-refractivity contribution in [3.8, 4) is 0 Å². The Hall–Kier alpha value is -0.970. The molecule has 0 aromatic carbocycles. The molecule has 1 aromatic heterocycles. The molecule has 0 saturated heterocycles. The first-order valence-corrected chi connectivity index (χ1v) is 3.74. The molecule has 0 amide bonds. The van der Waals surface area contributed by atoms with Crippen LogP contribution in [-0.2, 0) is 4.74 Å². The van der Waals surface area contributed by atoms with Crippen molar-refractivity contribution >= 4 is 18.7 Å². The van der Waals surface area contributed by atoms with Crippen LogP contribution in [0.25, 0.3) is 0 Å². The van der Waals surface area contributed by atoms with Crippen molar-refractivity contribution in [3.63, 3.8) is 0 Å². The maximum Gasteiger partial charge on any atom is 0.419 e. The van der Waals surface area contributed by atoms with Gasteiger partial charge in [0.1, 0.15) is 12.9 Å². The number of hydrogen-bond donors (Lipinski definition) is 1. The van der Waals surface area contributed by atoms with Gasteiger partial charge in [0.05, 0.1) is 0 Å². The molecule has 0 aliphatic rings. The summed E-state index contributed by atoms with van der Waals surface area (Å²) in [5, 5.41) is 0. The van der Waals surface area contributed by atoms with E-state index in [9.17, 15) is 4.79 Å². The molecule has 5 heteroatoms. The predicted molar refractivity (Wildman–Crippen MR) is 42.8 cm³/mol. The van der Waals surface area contributed by atoms with Crippen molar-refractivity contribution in [1.29, 1.82) is 0 Å². The summed E-state index contributed by atoms with van der Waals surface area (Å²) in [5.41, 5.74) is 0. The van der Waals surface area contributed by atoms with Crippen LogP contribution in [0, 0.1) is 0 Å². The summed E-state index contributed by atoms with van der Waals surface area (Å²) in [6.45, 7) is 0.320. The Bertz CT molecular complexity index is 222. The fourth-order valence-corrected chi connectivity index (χ4v) is 0.666. The van der Waals surface area contributed by atoms with Crippen molar-refractivity contribution < 1.29 is 9.53 Å². The van der Waals surface area contributed by atoms with Gasteiger partial charge in [-0.2, -0.15) is 12.6 Å². The van der Waals surface area contributed by atoms with Crippen LogP contribution in [-0.4, -0.2) is 28.0 Å². The third kappa shape index (κ3) is 2.27. The minimum Gasteiger partial charge on any atom is -0.448 e. The number of rotatable bonds is 2. The van der Waals surface area contributed by atoms with Crippen LogP contribution in [0.2, 0.25) is 0 Å². The zero-order chi connectivity index (χ0) is 8.10. The molecule has 0 N–H and O–H groups in total. The minimum atomic E-state index is -0.420. The van der Waals surface area contributed by atoms with Gasteiger partial charge in [0.2, 0.25) is 0 Å². The molecule has 11 heavy (non-hydrogen) atoms. The SMILES string of the molecule is O=C(OCCS)n1ccnc1. The number of imidazole rings is 1. The fourth-order valence-electron chi connectivity index (χ4n) is 0.575. The van der Waals surface area contributed by atoms with E-state index in [1.54, 1.807) is 0 Å². The molecule has 4 nitrogen and oxygen atoms in total. The maximum atomic E-state index is 10.9. The molecular formula is C6H8N2O2S. The first kappa shape index (κ1) is 8.13. The Morgan fingerprint density at radius 2 is 2.55 bits per heavy atom. The van der Waals surface area contributed by atoms with Crippen molar-refractivity contribution in [2.75, 3.05) is 12.4 Å². The zero-order valence-corrected chi connectivity index (χ0v) is 6.70. The molecule has 0 aliphatic carbocycles. The van der Waals surface area contributed by atoms with E-state index < -0.39 is 6.09 Å². The smallest absolute Gasteiger partial charge is 0.419 e. The standard InChI is InChI=1S/C6H8N2O2S/c9-6(10-3-4-11)8-2-1-7-5-8/h1-2,5,11H,3-4H2. The van der Waals surface area contributed by atoms with Crippen LogP contribution in [0.15, 0.2) is 18.7 Å². The van der Waals surface area contributed by atoms with Gasteiger partial charge in [0.25, 0.3) is 0 Å². The van der Waals surface area contributed by atoms with Crippen LogP contribution in [0.4, 0.5) is 4.79 Å². The normalized spacial score (nSPS) is 9.55. The van der Waals surface area contributed by atoms with E-state index in [1.165, 1.54) is 23.3 Å². The van der Waals surface area contributed by atoms with Crippen LogP contribution in [0.5, 0.6) is 0 Å². The van der Waals surface area contributed by atoms with Crippen molar-refractivity contribution in [1.82, 2.24) is 9.55 Å². The molecule has 0 radical (unpaired) electrons. The van der Waals surface area contributed by atoms with Gasteiger partial charge in [0.15, 0.2) is 0 Å². The third-order valence-electron chi connectivity index (χ3n) is 1.03. The van der Waals surface area contributed by atoms with Gasteiger partial charge in [-0.15, -0.1) is 0 Å². The highest BCUT2D eigenvalue weighted by atomic mass is 32.1. The van der Waals surface area contributed by atoms with Crippen molar-refractivity contribution in [3.05, 3.63) is 18.7 Å². The molecule has 0 fully saturated rings. The molecule has 0 spiro atoms. The van der Waals surface area contributed by atoms with Crippen LogP contribution in [0.3, 0.4) is 0 Å². The van der Waals surface area contributed by atoms with Gasteiger partial charge < -0.3 is 4.74 Å². The summed E-state index contributed by atoms with van der Waals surface area (Å²) in [6, 6.07) is 0. The molecule has 60 valence electrons. The molecular weight excluding hydrogens is 164 g/mol. The lowest BCUT2D eigenvalue weighted by molar-refractivity contribution is 0.155.